The second-order valence-corrected chi connectivity index (χ2v) is 13.6. The van der Waals surface area contributed by atoms with Gasteiger partial charge >= 0.3 is 12.3 Å². The molecule has 258 valence electrons. The molecule has 2 saturated heterocycles. The van der Waals surface area contributed by atoms with Gasteiger partial charge in [0.1, 0.15) is 18.2 Å². The first kappa shape index (κ1) is 37.1. The Kier molecular flexibility index (Phi) is 12.5. The van der Waals surface area contributed by atoms with Crippen LogP contribution in [0.2, 0.25) is 0 Å². The van der Waals surface area contributed by atoms with Gasteiger partial charge in [-0.05, 0) is 82.9 Å². The molecule has 0 saturated carbocycles. The van der Waals surface area contributed by atoms with Crippen molar-refractivity contribution in [1.29, 1.82) is 0 Å². The molecule has 46 heavy (non-hydrogen) atoms. The third-order valence-corrected chi connectivity index (χ3v) is 8.84. The van der Waals surface area contributed by atoms with Crippen LogP contribution in [0.25, 0.3) is 0 Å². The number of benzene rings is 1. The molecule has 2 aliphatic heterocycles. The topological polar surface area (TPSA) is 99.7 Å². The fourth-order valence-corrected chi connectivity index (χ4v) is 5.96. The summed E-state index contributed by atoms with van der Waals surface area (Å²) in [7, 11) is 4.77. The molecule has 0 aliphatic carbocycles. The minimum atomic E-state index is -4.56. The van der Waals surface area contributed by atoms with Crippen LogP contribution in [0, 0.1) is 5.41 Å². The van der Waals surface area contributed by atoms with E-state index in [-0.39, 0.29) is 48.5 Å². The van der Waals surface area contributed by atoms with E-state index in [1.165, 1.54) is 29.0 Å². The summed E-state index contributed by atoms with van der Waals surface area (Å²) < 4.78 is 50.9. The van der Waals surface area contributed by atoms with E-state index in [0.717, 1.165) is 44.2 Å². The van der Waals surface area contributed by atoms with Crippen molar-refractivity contribution in [3.8, 4) is 0 Å². The molecule has 1 aromatic carbocycles. The number of amides is 4. The average molecular weight is 655 g/mol. The number of likely N-dealkylation sites (tertiary alicyclic amines) is 1. The Hall–Kier alpha value is -3.35. The molecule has 4 amide bonds. The summed E-state index contributed by atoms with van der Waals surface area (Å²) in [5.41, 5.74) is -1.74. The molecule has 2 aliphatic rings. The molecule has 2 heterocycles. The lowest BCUT2D eigenvalue weighted by Crippen LogP contribution is -2.50. The van der Waals surface area contributed by atoms with Gasteiger partial charge in [0.05, 0.1) is 12.2 Å². The predicted molar refractivity (Wildman–Crippen MR) is 166 cm³/mol. The van der Waals surface area contributed by atoms with Crippen LogP contribution in [0.5, 0.6) is 0 Å². The smallest absolute Gasteiger partial charge is 0.416 e. The summed E-state index contributed by atoms with van der Waals surface area (Å²) in [6.07, 6.45) is -0.381. The third kappa shape index (κ3) is 10.3. The Morgan fingerprint density at radius 3 is 2.35 bits per heavy atom. The maximum atomic E-state index is 13.5. The van der Waals surface area contributed by atoms with Crippen LogP contribution < -0.4 is 0 Å². The van der Waals surface area contributed by atoms with Crippen LogP contribution in [0.1, 0.15) is 81.6 Å². The zero-order valence-electron chi connectivity index (χ0n) is 28.0. The molecule has 0 radical (unpaired) electrons. The van der Waals surface area contributed by atoms with Gasteiger partial charge in [0.25, 0.3) is 5.91 Å². The second kappa shape index (κ2) is 15.5. The van der Waals surface area contributed by atoms with E-state index in [2.05, 4.69) is 0 Å². The van der Waals surface area contributed by atoms with E-state index in [1.54, 1.807) is 23.9 Å². The number of piperidine rings is 1. The first-order chi connectivity index (χ1) is 21.4. The normalized spacial score (nSPS) is 20.5. The molecular formula is C33H49F3N4O6. The second-order valence-electron chi connectivity index (χ2n) is 13.6. The number of hydrogen-bond acceptors (Lipinski definition) is 6. The van der Waals surface area contributed by atoms with Gasteiger partial charge < -0.3 is 29.1 Å². The van der Waals surface area contributed by atoms with Crippen LogP contribution in [0.4, 0.5) is 18.0 Å². The highest BCUT2D eigenvalue weighted by Crippen LogP contribution is 2.38. The van der Waals surface area contributed by atoms with Crippen LogP contribution in [-0.2, 0) is 25.2 Å². The SMILES string of the molecule is CN(CCC[C@H]1C(=O)N(C)CCCCC2(CCN(C(=O)OC(C)(C)C)CC2)COCC(=O)N1C)C(=O)c1cccc(C(F)(F)F)c1. The minimum absolute atomic E-state index is 0.0760. The third-order valence-electron chi connectivity index (χ3n) is 8.84. The van der Waals surface area contributed by atoms with Gasteiger partial charge in [0.15, 0.2) is 0 Å². The summed E-state index contributed by atoms with van der Waals surface area (Å²) in [5.74, 6) is -1.13. The lowest BCUT2D eigenvalue weighted by atomic mass is 9.75. The summed E-state index contributed by atoms with van der Waals surface area (Å²) in [6, 6.07) is 3.49. The Morgan fingerprint density at radius 2 is 1.72 bits per heavy atom. The number of halogens is 3. The Labute approximate surface area is 270 Å². The van der Waals surface area contributed by atoms with Crippen molar-refractivity contribution < 1.29 is 41.8 Å². The highest BCUT2D eigenvalue weighted by atomic mass is 19.4. The van der Waals surface area contributed by atoms with E-state index in [1.807, 2.05) is 20.8 Å². The van der Waals surface area contributed by atoms with Gasteiger partial charge in [-0.3, -0.25) is 14.4 Å². The van der Waals surface area contributed by atoms with E-state index < -0.39 is 29.3 Å². The van der Waals surface area contributed by atoms with E-state index >= 15 is 0 Å². The standard InChI is InChI=1S/C33H49F3N4O6/c1-31(2,3)46-30(44)40-19-15-32(16-20-40)14-7-8-17-38(5)29(43)26(39(6)27(41)22-45-23-32)13-10-18-37(4)28(42)24-11-9-12-25(21-24)33(34,35)36/h9,11-12,21,26H,7-8,10,13-20,22-23H2,1-6H3/t26-/m0/s1. The van der Waals surface area contributed by atoms with Crippen molar-refractivity contribution in [2.24, 2.45) is 5.41 Å². The molecule has 0 N–H and O–H groups in total. The number of ether oxygens (including phenoxy) is 2. The number of nitrogens with zero attached hydrogens (tertiary/aromatic N) is 4. The van der Waals surface area contributed by atoms with Gasteiger partial charge in [-0.15, -0.1) is 0 Å². The van der Waals surface area contributed by atoms with Crippen molar-refractivity contribution in [2.45, 2.75) is 83.5 Å². The number of alkyl halides is 3. The number of rotatable bonds is 5. The maximum Gasteiger partial charge on any atom is 0.416 e. The highest BCUT2D eigenvalue weighted by molar-refractivity contribution is 5.94. The molecule has 2 fully saturated rings. The van der Waals surface area contributed by atoms with Gasteiger partial charge in [0.2, 0.25) is 11.8 Å². The van der Waals surface area contributed by atoms with Crippen LogP contribution in [0.15, 0.2) is 24.3 Å². The number of carbonyl (C=O) groups excluding carboxylic acids is 4. The zero-order valence-corrected chi connectivity index (χ0v) is 28.0. The lowest BCUT2D eigenvalue weighted by Gasteiger charge is -2.42. The van der Waals surface area contributed by atoms with Crippen molar-refractivity contribution >= 4 is 23.8 Å². The molecule has 13 heteroatoms. The molecule has 1 spiro atoms. The molecule has 3 rings (SSSR count). The molecule has 10 nitrogen and oxygen atoms in total. The molecule has 0 aromatic heterocycles. The Bertz CT molecular complexity index is 1230. The van der Waals surface area contributed by atoms with Crippen LogP contribution in [0.3, 0.4) is 0 Å². The monoisotopic (exact) mass is 654 g/mol. The first-order valence-corrected chi connectivity index (χ1v) is 15.9. The first-order valence-electron chi connectivity index (χ1n) is 15.9. The number of carbonyl (C=O) groups is 4. The summed E-state index contributed by atoms with van der Waals surface area (Å²) >= 11 is 0. The summed E-state index contributed by atoms with van der Waals surface area (Å²) in [4.78, 5) is 58.2. The summed E-state index contributed by atoms with van der Waals surface area (Å²) in [6.45, 7) is 7.45. The summed E-state index contributed by atoms with van der Waals surface area (Å²) in [5, 5.41) is 0. The van der Waals surface area contributed by atoms with Crippen molar-refractivity contribution in [1.82, 2.24) is 19.6 Å². The molecule has 1 aromatic rings. The van der Waals surface area contributed by atoms with E-state index in [4.69, 9.17) is 9.47 Å². The van der Waals surface area contributed by atoms with Crippen LogP contribution >= 0.6 is 0 Å². The Morgan fingerprint density at radius 1 is 1.04 bits per heavy atom. The average Bonchev–Trinajstić information content (AvgIpc) is 2.99. The predicted octanol–water partition coefficient (Wildman–Crippen LogP) is 5.06. The quantitative estimate of drug-likeness (QED) is 0.440. The largest absolute Gasteiger partial charge is 0.444 e. The fraction of sp³-hybridized carbons (Fsp3) is 0.697. The Balaban J connectivity index is 1.61. The molecule has 0 unspecified atom stereocenters. The number of likely N-dealkylation sites (N-methyl/N-ethyl adjacent to an activating group) is 2. The van der Waals surface area contributed by atoms with Gasteiger partial charge in [0, 0.05) is 52.9 Å². The lowest BCUT2D eigenvalue weighted by molar-refractivity contribution is -0.147. The molecule has 0 bridgehead atoms. The molecular weight excluding hydrogens is 605 g/mol. The molecule has 1 atom stereocenters. The van der Waals surface area contributed by atoms with Crippen molar-refractivity contribution in [2.75, 3.05) is 60.5 Å². The minimum Gasteiger partial charge on any atom is -0.444 e. The number of hydrogen-bond donors (Lipinski definition) is 0. The van der Waals surface area contributed by atoms with Gasteiger partial charge in [-0.1, -0.05) is 12.5 Å². The van der Waals surface area contributed by atoms with E-state index in [0.29, 0.717) is 32.7 Å². The zero-order chi connectivity index (χ0) is 34.3. The van der Waals surface area contributed by atoms with Crippen molar-refractivity contribution in [3.05, 3.63) is 35.4 Å². The van der Waals surface area contributed by atoms with Gasteiger partial charge in [-0.2, -0.15) is 13.2 Å². The maximum absolute atomic E-state index is 13.5. The van der Waals surface area contributed by atoms with Crippen molar-refractivity contribution in [3.63, 3.8) is 0 Å². The highest BCUT2D eigenvalue weighted by Gasteiger charge is 2.38. The van der Waals surface area contributed by atoms with Gasteiger partial charge in [-0.25, -0.2) is 4.79 Å². The van der Waals surface area contributed by atoms with Crippen LogP contribution in [-0.4, -0.2) is 116 Å². The fourth-order valence-electron chi connectivity index (χ4n) is 5.96. The van der Waals surface area contributed by atoms with E-state index in [9.17, 15) is 32.3 Å².